The average Bonchev–Trinajstić information content (AvgIpc) is 3.47. The van der Waals surface area contributed by atoms with Gasteiger partial charge in [0, 0.05) is 18.2 Å². The summed E-state index contributed by atoms with van der Waals surface area (Å²) in [6.45, 7) is 6.33. The van der Waals surface area contributed by atoms with E-state index in [9.17, 15) is 4.79 Å². The normalized spacial score (nSPS) is 14.7. The van der Waals surface area contributed by atoms with Crippen LogP contribution in [0.3, 0.4) is 0 Å². The van der Waals surface area contributed by atoms with Crippen molar-refractivity contribution in [1.82, 2.24) is 14.8 Å². The van der Waals surface area contributed by atoms with Crippen LogP contribution in [-0.4, -0.2) is 32.5 Å². The van der Waals surface area contributed by atoms with Gasteiger partial charge < -0.3 is 4.90 Å². The summed E-state index contributed by atoms with van der Waals surface area (Å²) in [7, 11) is 0. The lowest BCUT2D eigenvalue weighted by Gasteiger charge is -2.22. The maximum atomic E-state index is 13.4. The highest BCUT2D eigenvalue weighted by Crippen LogP contribution is 2.33. The average molecular weight is 519 g/mol. The Labute approximate surface area is 227 Å². The van der Waals surface area contributed by atoms with Crippen LogP contribution in [0.1, 0.15) is 35.0 Å². The molecule has 2 heterocycles. The molecule has 1 aliphatic rings. The minimum Gasteiger partial charge on any atom is -0.308 e. The van der Waals surface area contributed by atoms with Crippen LogP contribution in [0, 0.1) is 13.8 Å². The molecule has 5 aromatic rings. The molecule has 4 aromatic carbocycles. The second-order valence-corrected chi connectivity index (χ2v) is 11.0. The number of hydrogen-bond acceptors (Lipinski definition) is 4. The molecular weight excluding hydrogens is 488 g/mol. The van der Waals surface area contributed by atoms with Crippen LogP contribution < -0.4 is 4.90 Å². The van der Waals surface area contributed by atoms with Crippen LogP contribution in [0.25, 0.3) is 16.5 Å². The molecule has 1 atom stereocenters. The molecule has 6 heteroatoms. The second-order valence-electron chi connectivity index (χ2n) is 10.1. The number of hydrogen-bond donors (Lipinski definition) is 0. The first-order chi connectivity index (χ1) is 18.5. The Balaban J connectivity index is 1.34. The number of rotatable bonds is 6. The fourth-order valence-electron chi connectivity index (χ4n) is 5.56. The van der Waals surface area contributed by atoms with E-state index in [1.165, 1.54) is 39.2 Å². The molecule has 190 valence electrons. The number of carbonyl (C=O) groups excluding carboxylic acids is 1. The zero-order chi connectivity index (χ0) is 26.2. The molecule has 1 amide bonds. The van der Waals surface area contributed by atoms with Crippen molar-refractivity contribution < 1.29 is 4.79 Å². The minimum atomic E-state index is 0.0956. The van der Waals surface area contributed by atoms with Crippen molar-refractivity contribution in [2.24, 2.45) is 0 Å². The summed E-state index contributed by atoms with van der Waals surface area (Å²) in [4.78, 5) is 15.4. The number of aromatic nitrogens is 3. The molecule has 0 bridgehead atoms. The summed E-state index contributed by atoms with van der Waals surface area (Å²) >= 11 is 1.46. The highest BCUT2D eigenvalue weighted by Gasteiger charge is 2.31. The van der Waals surface area contributed by atoms with Gasteiger partial charge in [-0.25, -0.2) is 0 Å². The van der Waals surface area contributed by atoms with Crippen molar-refractivity contribution in [2.45, 2.75) is 44.8 Å². The predicted octanol–water partition coefficient (Wildman–Crippen LogP) is 6.70. The highest BCUT2D eigenvalue weighted by molar-refractivity contribution is 7.99. The molecule has 5 nitrogen and oxygen atoms in total. The van der Waals surface area contributed by atoms with Crippen LogP contribution in [0.5, 0.6) is 0 Å². The van der Waals surface area contributed by atoms with Crippen LogP contribution in [-0.2, 0) is 17.6 Å². The number of aryl methyl sites for hydroxylation is 2. The van der Waals surface area contributed by atoms with E-state index < -0.39 is 0 Å². The molecule has 1 aromatic heterocycles. The predicted molar refractivity (Wildman–Crippen MR) is 155 cm³/mol. The van der Waals surface area contributed by atoms with Crippen LogP contribution in [0.4, 0.5) is 5.69 Å². The van der Waals surface area contributed by atoms with Crippen LogP contribution >= 0.6 is 11.8 Å². The summed E-state index contributed by atoms with van der Waals surface area (Å²) in [6, 6.07) is 29.6. The van der Waals surface area contributed by atoms with Gasteiger partial charge in [-0.2, -0.15) is 0 Å². The van der Waals surface area contributed by atoms with E-state index in [0.717, 1.165) is 34.3 Å². The lowest BCUT2D eigenvalue weighted by Crippen LogP contribution is -2.37. The van der Waals surface area contributed by atoms with Crippen molar-refractivity contribution >= 4 is 34.1 Å². The Kier molecular flexibility index (Phi) is 6.50. The van der Waals surface area contributed by atoms with Crippen molar-refractivity contribution in [2.75, 3.05) is 10.7 Å². The molecule has 0 radical (unpaired) electrons. The number of carbonyl (C=O) groups is 1. The number of benzene rings is 4. The van der Waals surface area contributed by atoms with Crippen LogP contribution in [0.2, 0.25) is 0 Å². The Hall–Kier alpha value is -3.90. The number of nitrogens with zero attached hydrogens (tertiary/aromatic N) is 4. The lowest BCUT2D eigenvalue weighted by atomic mass is 10.0. The molecule has 1 aliphatic heterocycles. The number of anilines is 1. The molecule has 0 spiro atoms. The molecule has 0 aliphatic carbocycles. The third-order valence-corrected chi connectivity index (χ3v) is 8.24. The number of thioether (sulfide) groups is 1. The first kappa shape index (κ1) is 24.4. The fraction of sp³-hybridized carbons (Fsp3) is 0.219. The summed E-state index contributed by atoms with van der Waals surface area (Å²) in [6.07, 6.45) is 1.53. The van der Waals surface area contributed by atoms with Crippen molar-refractivity contribution in [1.29, 1.82) is 0 Å². The quantitative estimate of drug-likeness (QED) is 0.235. The smallest absolute Gasteiger partial charge is 0.237 e. The first-order valence-corrected chi connectivity index (χ1v) is 14.0. The van der Waals surface area contributed by atoms with Gasteiger partial charge in [0.2, 0.25) is 5.91 Å². The molecule has 0 saturated carbocycles. The summed E-state index contributed by atoms with van der Waals surface area (Å²) < 4.78 is 2.13. The zero-order valence-electron chi connectivity index (χ0n) is 21.9. The van der Waals surface area contributed by atoms with Crippen LogP contribution in [0.15, 0.2) is 90.1 Å². The van der Waals surface area contributed by atoms with Gasteiger partial charge in [-0.15, -0.1) is 10.2 Å². The minimum absolute atomic E-state index is 0.0956. The maximum absolute atomic E-state index is 13.4. The molecule has 0 saturated heterocycles. The fourth-order valence-corrected chi connectivity index (χ4v) is 6.39. The monoisotopic (exact) mass is 518 g/mol. The Morgan fingerprint density at radius 2 is 1.71 bits per heavy atom. The molecule has 0 N–H and O–H groups in total. The molecular formula is C32H30N4OS. The van der Waals surface area contributed by atoms with Crippen molar-refractivity contribution in [3.05, 3.63) is 113 Å². The zero-order valence-corrected chi connectivity index (χ0v) is 22.7. The van der Waals surface area contributed by atoms with Gasteiger partial charge in [-0.1, -0.05) is 90.1 Å². The van der Waals surface area contributed by atoms with Gasteiger partial charge in [0.1, 0.15) is 5.82 Å². The number of para-hydroxylation sites is 1. The van der Waals surface area contributed by atoms with E-state index in [0.29, 0.717) is 12.2 Å². The number of amides is 1. The Morgan fingerprint density at radius 1 is 0.921 bits per heavy atom. The second kappa shape index (κ2) is 10.1. The summed E-state index contributed by atoms with van der Waals surface area (Å²) in [5.74, 6) is 1.26. The molecule has 0 fully saturated rings. The first-order valence-electron chi connectivity index (χ1n) is 13.0. The largest absolute Gasteiger partial charge is 0.308 e. The van der Waals surface area contributed by atoms with E-state index in [4.69, 9.17) is 0 Å². The van der Waals surface area contributed by atoms with Gasteiger partial charge in [0.05, 0.1) is 11.4 Å². The van der Waals surface area contributed by atoms with E-state index in [1.807, 2.05) is 23.1 Å². The molecule has 1 unspecified atom stereocenters. The lowest BCUT2D eigenvalue weighted by molar-refractivity contribution is -0.116. The van der Waals surface area contributed by atoms with Gasteiger partial charge in [0.15, 0.2) is 5.16 Å². The van der Waals surface area contributed by atoms with Gasteiger partial charge in [-0.3, -0.25) is 9.36 Å². The van der Waals surface area contributed by atoms with E-state index in [1.54, 1.807) is 0 Å². The topological polar surface area (TPSA) is 51.0 Å². The third-order valence-electron chi connectivity index (χ3n) is 7.32. The maximum Gasteiger partial charge on any atom is 0.237 e. The molecule has 6 rings (SSSR count). The standard InChI is InChI=1S/C32H30N4OS/c1-21-15-16-28(22(2)17-21)36-30(19-25-12-8-11-24-9-4-6-13-27(24)25)33-34-32(36)38-20-31(37)35-23(3)18-26-10-5-7-14-29(26)35/h4-17,23H,18-20H2,1-3H3. The number of fused-ring (bicyclic) bond motifs is 2. The van der Waals surface area contributed by atoms with Crippen molar-refractivity contribution in [3.8, 4) is 5.69 Å². The van der Waals surface area contributed by atoms with E-state index >= 15 is 0 Å². The summed E-state index contributed by atoms with van der Waals surface area (Å²) in [5, 5.41) is 12.4. The van der Waals surface area contributed by atoms with E-state index in [-0.39, 0.29) is 11.9 Å². The Bertz CT molecular complexity index is 1650. The highest BCUT2D eigenvalue weighted by atomic mass is 32.2. The third kappa shape index (κ3) is 4.50. The Morgan fingerprint density at radius 3 is 2.58 bits per heavy atom. The van der Waals surface area contributed by atoms with Crippen molar-refractivity contribution in [3.63, 3.8) is 0 Å². The summed E-state index contributed by atoms with van der Waals surface area (Å²) in [5.41, 5.74) is 6.87. The van der Waals surface area contributed by atoms with Gasteiger partial charge in [0.25, 0.3) is 0 Å². The molecule has 38 heavy (non-hydrogen) atoms. The van der Waals surface area contributed by atoms with E-state index in [2.05, 4.69) is 102 Å². The van der Waals surface area contributed by atoms with Gasteiger partial charge in [-0.05, 0) is 66.8 Å². The SMILES string of the molecule is Cc1ccc(-n2c(Cc3cccc4ccccc34)nnc2SCC(=O)N2c3ccccc3CC2C)c(C)c1. The van der Waals surface area contributed by atoms with Gasteiger partial charge >= 0.3 is 0 Å².